The molecule has 0 spiro atoms. The first-order valence-electron chi connectivity index (χ1n) is 9.41. The Morgan fingerprint density at radius 2 is 2.04 bits per heavy atom. The van der Waals surface area contributed by atoms with E-state index in [0.29, 0.717) is 5.69 Å². The van der Waals surface area contributed by atoms with Crippen LogP contribution in [0.3, 0.4) is 0 Å². The van der Waals surface area contributed by atoms with Crippen LogP contribution in [0, 0.1) is 5.82 Å². The van der Waals surface area contributed by atoms with E-state index in [0.717, 1.165) is 43.1 Å². The minimum Gasteiger partial charge on any atom is -0.480 e. The molecule has 27 heavy (non-hydrogen) atoms. The number of carbonyl (C=O) groups excluding carboxylic acids is 1. The van der Waals surface area contributed by atoms with Gasteiger partial charge in [-0.25, -0.2) is 4.39 Å². The standard InChI is InChI=1S/C21H24FN3O2/c1-14-16-4-2-3-5-19(16)27-20(14)21(26)24-13-15-6-7-18(17(22)12-15)25-10-8-23-9-11-25/h2-7,12,14,20,23H,8-11,13H2,1H3,(H,24,26)/t14-,20+/m1/s1. The van der Waals surface area contributed by atoms with Crippen LogP contribution in [-0.2, 0) is 11.3 Å². The maximum absolute atomic E-state index is 14.5. The van der Waals surface area contributed by atoms with Crippen LogP contribution in [-0.4, -0.2) is 38.2 Å². The number of anilines is 1. The Balaban J connectivity index is 1.37. The van der Waals surface area contributed by atoms with Crippen LogP contribution in [0.25, 0.3) is 0 Å². The van der Waals surface area contributed by atoms with Crippen molar-refractivity contribution >= 4 is 11.6 Å². The zero-order valence-electron chi connectivity index (χ0n) is 15.4. The largest absolute Gasteiger partial charge is 0.480 e. The number of hydrogen-bond acceptors (Lipinski definition) is 4. The Hall–Kier alpha value is -2.60. The van der Waals surface area contributed by atoms with Gasteiger partial charge in [0.25, 0.3) is 5.91 Å². The van der Waals surface area contributed by atoms with Gasteiger partial charge in [0.2, 0.25) is 0 Å². The molecule has 6 heteroatoms. The van der Waals surface area contributed by atoms with Crippen molar-refractivity contribution in [3.05, 3.63) is 59.4 Å². The Bertz CT molecular complexity index is 836. The van der Waals surface area contributed by atoms with Gasteiger partial charge in [0.15, 0.2) is 6.10 Å². The van der Waals surface area contributed by atoms with E-state index < -0.39 is 6.10 Å². The van der Waals surface area contributed by atoms with Gasteiger partial charge in [-0.05, 0) is 23.8 Å². The number of nitrogens with zero attached hydrogens (tertiary/aromatic N) is 1. The van der Waals surface area contributed by atoms with Crippen LogP contribution >= 0.6 is 0 Å². The number of amides is 1. The van der Waals surface area contributed by atoms with Crippen LogP contribution in [0.1, 0.15) is 24.0 Å². The number of hydrogen-bond donors (Lipinski definition) is 2. The van der Waals surface area contributed by atoms with Gasteiger partial charge in [-0.3, -0.25) is 4.79 Å². The first-order chi connectivity index (χ1) is 13.1. The molecule has 2 aromatic carbocycles. The van der Waals surface area contributed by atoms with Crippen molar-refractivity contribution in [2.75, 3.05) is 31.1 Å². The normalized spacial score (nSPS) is 21.5. The van der Waals surface area contributed by atoms with Crippen molar-refractivity contribution in [3.63, 3.8) is 0 Å². The second-order valence-electron chi connectivity index (χ2n) is 7.11. The quantitative estimate of drug-likeness (QED) is 0.869. The van der Waals surface area contributed by atoms with E-state index in [1.165, 1.54) is 6.07 Å². The van der Waals surface area contributed by atoms with E-state index in [9.17, 15) is 9.18 Å². The highest BCUT2D eigenvalue weighted by Gasteiger charge is 2.35. The number of benzene rings is 2. The molecule has 1 fully saturated rings. The van der Waals surface area contributed by atoms with Crippen LogP contribution < -0.4 is 20.3 Å². The highest BCUT2D eigenvalue weighted by Crippen LogP contribution is 2.37. The van der Waals surface area contributed by atoms with Gasteiger partial charge in [0, 0.05) is 44.2 Å². The van der Waals surface area contributed by atoms with Crippen LogP contribution in [0.2, 0.25) is 0 Å². The summed E-state index contributed by atoms with van der Waals surface area (Å²) in [6, 6.07) is 12.9. The van der Waals surface area contributed by atoms with E-state index in [1.54, 1.807) is 6.07 Å². The zero-order valence-corrected chi connectivity index (χ0v) is 15.4. The fourth-order valence-electron chi connectivity index (χ4n) is 3.76. The highest BCUT2D eigenvalue weighted by atomic mass is 19.1. The lowest BCUT2D eigenvalue weighted by Crippen LogP contribution is -2.43. The Morgan fingerprint density at radius 1 is 1.26 bits per heavy atom. The summed E-state index contributed by atoms with van der Waals surface area (Å²) >= 11 is 0. The van der Waals surface area contributed by atoms with Crippen molar-refractivity contribution in [1.82, 2.24) is 10.6 Å². The van der Waals surface area contributed by atoms with Gasteiger partial charge in [-0.15, -0.1) is 0 Å². The molecule has 142 valence electrons. The lowest BCUT2D eigenvalue weighted by Gasteiger charge is -2.29. The molecule has 0 radical (unpaired) electrons. The Labute approximate surface area is 158 Å². The van der Waals surface area contributed by atoms with Gasteiger partial charge in [-0.2, -0.15) is 0 Å². The first kappa shape index (κ1) is 17.8. The molecule has 0 aliphatic carbocycles. The van der Waals surface area contributed by atoms with E-state index in [2.05, 4.69) is 10.6 Å². The third kappa shape index (κ3) is 3.62. The van der Waals surface area contributed by atoms with Crippen molar-refractivity contribution in [2.24, 2.45) is 0 Å². The van der Waals surface area contributed by atoms with Gasteiger partial charge >= 0.3 is 0 Å². The molecule has 0 saturated carbocycles. The van der Waals surface area contributed by atoms with Crippen molar-refractivity contribution in [2.45, 2.75) is 25.5 Å². The summed E-state index contributed by atoms with van der Waals surface area (Å²) in [7, 11) is 0. The summed E-state index contributed by atoms with van der Waals surface area (Å²) in [6.45, 7) is 5.58. The van der Waals surface area contributed by atoms with E-state index in [1.807, 2.05) is 42.2 Å². The van der Waals surface area contributed by atoms with Gasteiger partial charge in [0.1, 0.15) is 11.6 Å². The second-order valence-corrected chi connectivity index (χ2v) is 7.11. The lowest BCUT2D eigenvalue weighted by molar-refractivity contribution is -0.128. The summed E-state index contributed by atoms with van der Waals surface area (Å²) in [5.41, 5.74) is 2.40. The average molecular weight is 369 g/mol. The van der Waals surface area contributed by atoms with Gasteiger partial charge < -0.3 is 20.3 Å². The molecular weight excluding hydrogens is 345 g/mol. The fourth-order valence-corrected chi connectivity index (χ4v) is 3.76. The number of ether oxygens (including phenoxy) is 1. The predicted octanol–water partition coefficient (Wildman–Crippen LogP) is 2.42. The number of piperazine rings is 1. The molecule has 5 nitrogen and oxygen atoms in total. The third-order valence-corrected chi connectivity index (χ3v) is 5.31. The molecule has 2 N–H and O–H groups in total. The average Bonchev–Trinajstić information content (AvgIpc) is 3.04. The topological polar surface area (TPSA) is 53.6 Å². The van der Waals surface area contributed by atoms with Crippen molar-refractivity contribution in [3.8, 4) is 5.75 Å². The molecule has 0 aromatic heterocycles. The van der Waals surface area contributed by atoms with Crippen LogP contribution in [0.5, 0.6) is 5.75 Å². The van der Waals surface area contributed by atoms with E-state index in [-0.39, 0.29) is 24.2 Å². The molecule has 2 atom stereocenters. The van der Waals surface area contributed by atoms with Crippen LogP contribution in [0.4, 0.5) is 10.1 Å². The Morgan fingerprint density at radius 3 is 2.78 bits per heavy atom. The smallest absolute Gasteiger partial charge is 0.261 e. The minimum absolute atomic E-state index is 0.00646. The van der Waals surface area contributed by atoms with Gasteiger partial charge in [-0.1, -0.05) is 31.2 Å². The molecule has 2 aliphatic rings. The number of carbonyl (C=O) groups is 1. The SMILES string of the molecule is C[C@@H]1c2ccccc2O[C@@H]1C(=O)NCc1ccc(N2CCNCC2)c(F)c1. The summed E-state index contributed by atoms with van der Waals surface area (Å²) in [4.78, 5) is 14.6. The number of para-hydroxylation sites is 1. The van der Waals surface area contributed by atoms with Gasteiger partial charge in [0.05, 0.1) is 5.69 Å². The fraction of sp³-hybridized carbons (Fsp3) is 0.381. The summed E-state index contributed by atoms with van der Waals surface area (Å²) in [5, 5.41) is 6.14. The van der Waals surface area contributed by atoms with E-state index in [4.69, 9.17) is 4.74 Å². The lowest BCUT2D eigenvalue weighted by atomic mass is 9.97. The van der Waals surface area contributed by atoms with Crippen molar-refractivity contribution < 1.29 is 13.9 Å². The molecule has 0 unspecified atom stereocenters. The Kier molecular flexibility index (Phi) is 4.99. The maximum Gasteiger partial charge on any atom is 0.261 e. The third-order valence-electron chi connectivity index (χ3n) is 5.31. The zero-order chi connectivity index (χ0) is 18.8. The summed E-state index contributed by atoms with van der Waals surface area (Å²) in [6.07, 6.45) is -0.549. The molecule has 1 amide bonds. The maximum atomic E-state index is 14.5. The number of rotatable bonds is 4. The molecule has 2 aliphatic heterocycles. The molecule has 2 heterocycles. The first-order valence-corrected chi connectivity index (χ1v) is 9.41. The molecule has 0 bridgehead atoms. The number of fused-ring (bicyclic) bond motifs is 1. The molecule has 1 saturated heterocycles. The molecule has 4 rings (SSSR count). The summed E-state index contributed by atoms with van der Waals surface area (Å²) < 4.78 is 20.3. The summed E-state index contributed by atoms with van der Waals surface area (Å²) in [5.74, 6) is 0.330. The number of halogens is 1. The predicted molar refractivity (Wildman–Crippen MR) is 103 cm³/mol. The number of nitrogens with one attached hydrogen (secondary N) is 2. The molecular formula is C21H24FN3O2. The monoisotopic (exact) mass is 369 g/mol. The second kappa shape index (κ2) is 7.56. The minimum atomic E-state index is -0.549. The van der Waals surface area contributed by atoms with Crippen molar-refractivity contribution in [1.29, 1.82) is 0 Å². The van der Waals surface area contributed by atoms with E-state index >= 15 is 0 Å². The highest BCUT2D eigenvalue weighted by molar-refractivity contribution is 5.83. The van der Waals surface area contributed by atoms with Crippen LogP contribution in [0.15, 0.2) is 42.5 Å². The molecule has 2 aromatic rings.